The van der Waals surface area contributed by atoms with Crippen LogP contribution in [0.25, 0.3) is 10.4 Å². The van der Waals surface area contributed by atoms with Crippen LogP contribution in [0.2, 0.25) is 0 Å². The number of benzene rings is 1. The van der Waals surface area contributed by atoms with Crippen molar-refractivity contribution in [3.63, 3.8) is 0 Å². The zero-order chi connectivity index (χ0) is 18.5. The Hall–Kier alpha value is -1.83. The van der Waals surface area contributed by atoms with Gasteiger partial charge < -0.3 is 15.1 Å². The Bertz CT molecular complexity index is 731. The third-order valence-electron chi connectivity index (χ3n) is 4.60. The molecule has 1 amide bonds. The van der Waals surface area contributed by atoms with Crippen molar-refractivity contribution in [2.45, 2.75) is 12.8 Å². The van der Waals surface area contributed by atoms with Gasteiger partial charge in [-0.2, -0.15) is 0 Å². The summed E-state index contributed by atoms with van der Waals surface area (Å²) in [4.78, 5) is 22.3. The number of anilines is 1. The summed E-state index contributed by atoms with van der Waals surface area (Å²) in [5.41, 5.74) is 0.900. The highest BCUT2D eigenvalue weighted by Crippen LogP contribution is 2.29. The number of likely N-dealkylation sites (N-methyl/N-ethyl adjacent to an activating group) is 1. The Labute approximate surface area is 157 Å². The van der Waals surface area contributed by atoms with E-state index in [2.05, 4.69) is 34.2 Å². The van der Waals surface area contributed by atoms with Gasteiger partial charge in [0.1, 0.15) is 5.82 Å². The summed E-state index contributed by atoms with van der Waals surface area (Å²) in [6.45, 7) is 3.85. The number of carbonyl (C=O) groups excluding carboxylic acids is 1. The van der Waals surface area contributed by atoms with Crippen LogP contribution in [-0.4, -0.2) is 61.0 Å². The van der Waals surface area contributed by atoms with Crippen molar-refractivity contribution in [2.24, 2.45) is 5.92 Å². The molecule has 26 heavy (non-hydrogen) atoms. The molecule has 1 aliphatic rings. The fraction of sp³-hybridized carbons (Fsp3) is 0.474. The second-order valence-corrected chi connectivity index (χ2v) is 8.00. The lowest BCUT2D eigenvalue weighted by atomic mass is 9.97. The quantitative estimate of drug-likeness (QED) is 0.841. The largest absolute Gasteiger partial charge is 0.308 e. The van der Waals surface area contributed by atoms with E-state index in [1.807, 2.05) is 0 Å². The van der Waals surface area contributed by atoms with Crippen LogP contribution in [0, 0.1) is 11.7 Å². The molecule has 0 saturated carbocycles. The fourth-order valence-corrected chi connectivity index (χ4v) is 3.93. The minimum absolute atomic E-state index is 0.00378. The summed E-state index contributed by atoms with van der Waals surface area (Å²) in [5.74, 6) is -0.216. The molecule has 5 nitrogen and oxygen atoms in total. The standard InChI is InChI=1S/C19H25FN4OS/c1-23(2)10-11-24-9-3-4-15(13-24)18(25)22-19-21-12-17(26-19)14-5-7-16(20)8-6-14/h5-8,12,15H,3-4,9-11,13H2,1-2H3,(H,21,22,25). The number of carbonyl (C=O) groups is 1. The van der Waals surface area contributed by atoms with Crippen molar-refractivity contribution < 1.29 is 9.18 Å². The molecule has 1 aromatic carbocycles. The second kappa shape index (κ2) is 8.70. The number of piperidine rings is 1. The maximum absolute atomic E-state index is 13.0. The molecule has 2 heterocycles. The molecule has 0 bridgehead atoms. The molecule has 3 rings (SSSR count). The predicted octanol–water partition coefficient (Wildman–Crippen LogP) is 3.16. The van der Waals surface area contributed by atoms with Crippen molar-refractivity contribution in [1.29, 1.82) is 0 Å². The molecule has 1 unspecified atom stereocenters. The van der Waals surface area contributed by atoms with E-state index in [-0.39, 0.29) is 17.6 Å². The van der Waals surface area contributed by atoms with Crippen molar-refractivity contribution in [3.8, 4) is 10.4 Å². The van der Waals surface area contributed by atoms with Gasteiger partial charge in [0.15, 0.2) is 5.13 Å². The minimum atomic E-state index is -0.261. The van der Waals surface area contributed by atoms with Crippen molar-refractivity contribution >= 4 is 22.4 Å². The first-order valence-corrected chi connectivity index (χ1v) is 9.72. The fourth-order valence-electron chi connectivity index (χ4n) is 3.10. The van der Waals surface area contributed by atoms with E-state index in [1.54, 1.807) is 18.3 Å². The minimum Gasteiger partial charge on any atom is -0.308 e. The Kier molecular flexibility index (Phi) is 6.34. The average molecular weight is 377 g/mol. The Morgan fingerprint density at radius 1 is 1.38 bits per heavy atom. The van der Waals surface area contributed by atoms with Crippen LogP contribution in [0.15, 0.2) is 30.5 Å². The SMILES string of the molecule is CN(C)CCN1CCCC(C(=O)Nc2ncc(-c3ccc(F)cc3)s2)C1. The first-order valence-electron chi connectivity index (χ1n) is 8.91. The zero-order valence-corrected chi connectivity index (χ0v) is 16.1. The topological polar surface area (TPSA) is 48.5 Å². The first-order chi connectivity index (χ1) is 12.5. The van der Waals surface area contributed by atoms with E-state index >= 15 is 0 Å². The molecule has 7 heteroatoms. The first kappa shape index (κ1) is 18.9. The van der Waals surface area contributed by atoms with E-state index in [9.17, 15) is 9.18 Å². The van der Waals surface area contributed by atoms with Crippen LogP contribution < -0.4 is 5.32 Å². The van der Waals surface area contributed by atoms with Gasteiger partial charge in [-0.05, 0) is 51.2 Å². The molecule has 1 N–H and O–H groups in total. The monoisotopic (exact) mass is 376 g/mol. The van der Waals surface area contributed by atoms with Crippen LogP contribution in [-0.2, 0) is 4.79 Å². The number of hydrogen-bond acceptors (Lipinski definition) is 5. The lowest BCUT2D eigenvalue weighted by molar-refractivity contribution is -0.121. The van der Waals surface area contributed by atoms with E-state index in [0.29, 0.717) is 5.13 Å². The van der Waals surface area contributed by atoms with E-state index in [4.69, 9.17) is 0 Å². The molecule has 1 aliphatic heterocycles. The number of hydrogen-bond donors (Lipinski definition) is 1. The van der Waals surface area contributed by atoms with Crippen LogP contribution in [0.4, 0.5) is 9.52 Å². The van der Waals surface area contributed by atoms with Crippen molar-refractivity contribution in [2.75, 3.05) is 45.6 Å². The predicted molar refractivity (Wildman–Crippen MR) is 104 cm³/mol. The van der Waals surface area contributed by atoms with Gasteiger partial charge in [-0.15, -0.1) is 0 Å². The zero-order valence-electron chi connectivity index (χ0n) is 15.2. The third-order valence-corrected chi connectivity index (χ3v) is 5.57. The molecule has 0 aliphatic carbocycles. The van der Waals surface area contributed by atoms with Gasteiger partial charge >= 0.3 is 0 Å². The number of likely N-dealkylation sites (tertiary alicyclic amines) is 1. The van der Waals surface area contributed by atoms with Gasteiger partial charge in [0.25, 0.3) is 0 Å². The van der Waals surface area contributed by atoms with Gasteiger partial charge in [-0.1, -0.05) is 23.5 Å². The van der Waals surface area contributed by atoms with Crippen LogP contribution >= 0.6 is 11.3 Å². The number of amides is 1. The normalized spacial score (nSPS) is 18.2. The molecule has 0 radical (unpaired) electrons. The van der Waals surface area contributed by atoms with E-state index in [0.717, 1.165) is 49.5 Å². The van der Waals surface area contributed by atoms with Crippen LogP contribution in [0.3, 0.4) is 0 Å². The maximum Gasteiger partial charge on any atom is 0.230 e. The third kappa shape index (κ3) is 5.09. The summed E-state index contributed by atoms with van der Waals surface area (Å²) in [6.07, 6.45) is 3.68. The lowest BCUT2D eigenvalue weighted by Gasteiger charge is -2.32. The molecule has 0 spiro atoms. The number of thiazole rings is 1. The molecule has 1 saturated heterocycles. The number of nitrogens with one attached hydrogen (secondary N) is 1. The maximum atomic E-state index is 13.0. The highest BCUT2D eigenvalue weighted by atomic mass is 32.1. The number of aromatic nitrogens is 1. The number of rotatable bonds is 6. The molecule has 140 valence electrons. The Balaban J connectivity index is 1.57. The van der Waals surface area contributed by atoms with Gasteiger partial charge in [0.2, 0.25) is 5.91 Å². The smallest absolute Gasteiger partial charge is 0.230 e. The Morgan fingerprint density at radius 3 is 2.88 bits per heavy atom. The summed E-state index contributed by atoms with van der Waals surface area (Å²) in [6, 6.07) is 6.30. The number of nitrogens with zero attached hydrogens (tertiary/aromatic N) is 3. The van der Waals surface area contributed by atoms with Gasteiger partial charge in [-0.25, -0.2) is 9.37 Å². The van der Waals surface area contributed by atoms with Crippen molar-refractivity contribution in [3.05, 3.63) is 36.3 Å². The van der Waals surface area contributed by atoms with Crippen molar-refractivity contribution in [1.82, 2.24) is 14.8 Å². The average Bonchev–Trinajstić information content (AvgIpc) is 3.09. The van der Waals surface area contributed by atoms with Crippen LogP contribution in [0.1, 0.15) is 12.8 Å². The van der Waals surface area contributed by atoms with Crippen LogP contribution in [0.5, 0.6) is 0 Å². The van der Waals surface area contributed by atoms with E-state index < -0.39 is 0 Å². The molecule has 1 atom stereocenters. The highest BCUT2D eigenvalue weighted by Gasteiger charge is 2.26. The molecule has 2 aromatic rings. The van der Waals surface area contributed by atoms with Gasteiger partial charge in [0.05, 0.1) is 10.8 Å². The molecular formula is C19H25FN4OS. The summed E-state index contributed by atoms with van der Waals surface area (Å²) in [5, 5.41) is 3.55. The van der Waals surface area contributed by atoms with Gasteiger partial charge in [-0.3, -0.25) is 4.79 Å². The molecule has 1 fully saturated rings. The molecular weight excluding hydrogens is 351 g/mol. The van der Waals surface area contributed by atoms with E-state index in [1.165, 1.54) is 23.5 Å². The molecule has 1 aromatic heterocycles. The highest BCUT2D eigenvalue weighted by molar-refractivity contribution is 7.19. The summed E-state index contributed by atoms with van der Waals surface area (Å²) in [7, 11) is 4.13. The Morgan fingerprint density at radius 2 is 2.15 bits per heavy atom. The number of halogens is 1. The summed E-state index contributed by atoms with van der Waals surface area (Å²) >= 11 is 1.41. The lowest BCUT2D eigenvalue weighted by Crippen LogP contribution is -2.43. The summed E-state index contributed by atoms with van der Waals surface area (Å²) < 4.78 is 13.0. The second-order valence-electron chi connectivity index (χ2n) is 6.97. The van der Waals surface area contributed by atoms with Gasteiger partial charge in [0, 0.05) is 25.8 Å².